The van der Waals surface area contributed by atoms with Crippen molar-refractivity contribution < 1.29 is 13.2 Å². The van der Waals surface area contributed by atoms with Crippen molar-refractivity contribution >= 4 is 27.2 Å². The Balaban J connectivity index is 1.54. The standard InChI is InChI=1S/C17H20N2O3S2/c20-17(18-13-14-5-4-12-23-14)19-10-8-16(9-11-19)24(21,22)15-6-2-1-3-7-15/h1-7,12,16H,8-11,13H2,(H,18,20). The van der Waals surface area contributed by atoms with Crippen molar-refractivity contribution in [2.45, 2.75) is 29.5 Å². The highest BCUT2D eigenvalue weighted by Gasteiger charge is 2.32. The summed E-state index contributed by atoms with van der Waals surface area (Å²) in [4.78, 5) is 15.4. The summed E-state index contributed by atoms with van der Waals surface area (Å²) in [7, 11) is -3.32. The fourth-order valence-electron chi connectivity index (χ4n) is 2.86. The fraction of sp³-hybridized carbons (Fsp3) is 0.353. The Morgan fingerprint density at radius 2 is 1.83 bits per heavy atom. The number of nitrogens with one attached hydrogen (secondary N) is 1. The lowest BCUT2D eigenvalue weighted by molar-refractivity contribution is 0.186. The molecule has 1 aromatic heterocycles. The molecule has 0 unspecified atom stereocenters. The van der Waals surface area contributed by atoms with E-state index in [1.165, 1.54) is 0 Å². The number of hydrogen-bond donors (Lipinski definition) is 1. The lowest BCUT2D eigenvalue weighted by Gasteiger charge is -2.31. The number of thiophene rings is 1. The van der Waals surface area contributed by atoms with E-state index in [9.17, 15) is 13.2 Å². The lowest BCUT2D eigenvalue weighted by atomic mass is 10.1. The number of benzene rings is 1. The molecule has 1 aromatic carbocycles. The predicted octanol–water partition coefficient (Wildman–Crippen LogP) is 2.90. The van der Waals surface area contributed by atoms with Crippen molar-refractivity contribution in [3.8, 4) is 0 Å². The van der Waals surface area contributed by atoms with Crippen LogP contribution in [0.1, 0.15) is 17.7 Å². The number of carbonyl (C=O) groups is 1. The molecule has 24 heavy (non-hydrogen) atoms. The Kier molecular flexibility index (Phi) is 5.20. The van der Waals surface area contributed by atoms with Crippen molar-refractivity contribution in [3.05, 3.63) is 52.7 Å². The quantitative estimate of drug-likeness (QED) is 0.907. The molecule has 2 amide bonds. The van der Waals surface area contributed by atoms with Gasteiger partial charge in [-0.3, -0.25) is 0 Å². The van der Waals surface area contributed by atoms with Crippen LogP contribution in [-0.4, -0.2) is 37.7 Å². The van der Waals surface area contributed by atoms with Gasteiger partial charge in [-0.2, -0.15) is 0 Å². The van der Waals surface area contributed by atoms with E-state index in [0.29, 0.717) is 37.4 Å². The molecule has 5 nitrogen and oxygen atoms in total. The fourth-order valence-corrected chi connectivity index (χ4v) is 5.26. The number of likely N-dealkylation sites (tertiary alicyclic amines) is 1. The topological polar surface area (TPSA) is 66.5 Å². The molecule has 3 rings (SSSR count). The summed E-state index contributed by atoms with van der Waals surface area (Å²) in [5, 5.41) is 4.45. The number of urea groups is 1. The number of piperidine rings is 1. The first-order chi connectivity index (χ1) is 11.6. The van der Waals surface area contributed by atoms with E-state index in [0.717, 1.165) is 4.88 Å². The number of rotatable bonds is 4. The van der Waals surface area contributed by atoms with E-state index >= 15 is 0 Å². The second-order valence-electron chi connectivity index (χ2n) is 5.78. The number of carbonyl (C=O) groups excluding carboxylic acids is 1. The smallest absolute Gasteiger partial charge is 0.317 e. The minimum absolute atomic E-state index is 0.126. The van der Waals surface area contributed by atoms with Crippen molar-refractivity contribution in [1.82, 2.24) is 10.2 Å². The molecule has 0 bridgehead atoms. The Morgan fingerprint density at radius 3 is 2.46 bits per heavy atom. The molecule has 128 valence electrons. The minimum atomic E-state index is -3.32. The molecule has 2 aromatic rings. The minimum Gasteiger partial charge on any atom is -0.333 e. The summed E-state index contributed by atoms with van der Waals surface area (Å²) in [5.74, 6) is 0. The first-order valence-electron chi connectivity index (χ1n) is 7.91. The molecule has 0 saturated carbocycles. The molecule has 1 aliphatic heterocycles. The Bertz CT molecular complexity index is 765. The molecule has 0 atom stereocenters. The Hall–Kier alpha value is -1.86. The van der Waals surface area contributed by atoms with Gasteiger partial charge >= 0.3 is 6.03 Å². The molecule has 0 aliphatic carbocycles. The third-order valence-corrected chi connectivity index (χ3v) is 7.39. The summed E-state index contributed by atoms with van der Waals surface area (Å²) in [5.41, 5.74) is 0. The Labute approximate surface area is 146 Å². The van der Waals surface area contributed by atoms with Crippen LogP contribution in [0.4, 0.5) is 4.79 Å². The number of amides is 2. The largest absolute Gasteiger partial charge is 0.333 e. The summed E-state index contributed by atoms with van der Waals surface area (Å²) < 4.78 is 25.3. The highest BCUT2D eigenvalue weighted by molar-refractivity contribution is 7.92. The third-order valence-electron chi connectivity index (χ3n) is 4.23. The van der Waals surface area contributed by atoms with Crippen molar-refractivity contribution in [3.63, 3.8) is 0 Å². The maximum atomic E-state index is 12.6. The monoisotopic (exact) mass is 364 g/mol. The van der Waals surface area contributed by atoms with Crippen LogP contribution >= 0.6 is 11.3 Å². The average molecular weight is 364 g/mol. The molecular formula is C17H20N2O3S2. The average Bonchev–Trinajstić information content (AvgIpc) is 3.14. The van der Waals surface area contributed by atoms with Gasteiger partial charge in [0.1, 0.15) is 0 Å². The second-order valence-corrected chi connectivity index (χ2v) is 9.04. The number of nitrogens with zero attached hydrogens (tertiary/aromatic N) is 1. The zero-order chi connectivity index (χ0) is 17.0. The van der Waals surface area contributed by atoms with Crippen LogP contribution in [0.25, 0.3) is 0 Å². The first kappa shape index (κ1) is 17.0. The van der Waals surface area contributed by atoms with Gasteiger partial charge < -0.3 is 10.2 Å². The van der Waals surface area contributed by atoms with Gasteiger partial charge in [0.15, 0.2) is 9.84 Å². The van der Waals surface area contributed by atoms with Gasteiger partial charge in [0.2, 0.25) is 0 Å². The van der Waals surface area contributed by atoms with E-state index in [1.807, 2.05) is 17.5 Å². The third kappa shape index (κ3) is 3.79. The van der Waals surface area contributed by atoms with Crippen LogP contribution in [0.5, 0.6) is 0 Å². The molecular weight excluding hydrogens is 344 g/mol. The number of sulfone groups is 1. The zero-order valence-corrected chi connectivity index (χ0v) is 14.9. The maximum absolute atomic E-state index is 12.6. The van der Waals surface area contributed by atoms with Crippen LogP contribution in [0.2, 0.25) is 0 Å². The molecule has 1 N–H and O–H groups in total. The molecule has 1 saturated heterocycles. The first-order valence-corrected chi connectivity index (χ1v) is 10.3. The molecule has 7 heteroatoms. The summed E-state index contributed by atoms with van der Waals surface area (Å²) >= 11 is 1.60. The van der Waals surface area contributed by atoms with Crippen LogP contribution in [0, 0.1) is 0 Å². The molecule has 0 radical (unpaired) electrons. The van der Waals surface area contributed by atoms with E-state index in [1.54, 1.807) is 46.6 Å². The van der Waals surface area contributed by atoms with Crippen LogP contribution in [0.15, 0.2) is 52.7 Å². The van der Waals surface area contributed by atoms with Crippen molar-refractivity contribution in [2.75, 3.05) is 13.1 Å². The normalized spacial score (nSPS) is 16.1. The van der Waals surface area contributed by atoms with Gasteiger partial charge in [-0.25, -0.2) is 13.2 Å². The van der Waals surface area contributed by atoms with Crippen LogP contribution < -0.4 is 5.32 Å². The Morgan fingerprint density at radius 1 is 1.12 bits per heavy atom. The van der Waals surface area contributed by atoms with Gasteiger partial charge in [-0.15, -0.1) is 11.3 Å². The molecule has 1 aliphatic rings. The highest BCUT2D eigenvalue weighted by atomic mass is 32.2. The van der Waals surface area contributed by atoms with Gasteiger partial charge in [0.25, 0.3) is 0 Å². The second kappa shape index (κ2) is 7.36. The van der Waals surface area contributed by atoms with Gasteiger partial charge in [0, 0.05) is 18.0 Å². The predicted molar refractivity (Wildman–Crippen MR) is 94.8 cm³/mol. The molecule has 0 spiro atoms. The van der Waals surface area contributed by atoms with Crippen LogP contribution in [0.3, 0.4) is 0 Å². The van der Waals surface area contributed by atoms with E-state index in [-0.39, 0.29) is 6.03 Å². The molecule has 1 fully saturated rings. The van der Waals surface area contributed by atoms with Gasteiger partial charge in [0.05, 0.1) is 16.7 Å². The number of hydrogen-bond acceptors (Lipinski definition) is 4. The zero-order valence-electron chi connectivity index (χ0n) is 13.2. The van der Waals surface area contributed by atoms with E-state index in [4.69, 9.17) is 0 Å². The van der Waals surface area contributed by atoms with Crippen molar-refractivity contribution in [1.29, 1.82) is 0 Å². The van der Waals surface area contributed by atoms with Gasteiger partial charge in [-0.1, -0.05) is 24.3 Å². The summed E-state index contributed by atoms with van der Waals surface area (Å²) in [6.07, 6.45) is 0.952. The van der Waals surface area contributed by atoms with Crippen LogP contribution in [-0.2, 0) is 16.4 Å². The van der Waals surface area contributed by atoms with E-state index < -0.39 is 15.1 Å². The highest BCUT2D eigenvalue weighted by Crippen LogP contribution is 2.24. The maximum Gasteiger partial charge on any atom is 0.317 e. The van der Waals surface area contributed by atoms with Gasteiger partial charge in [-0.05, 0) is 36.4 Å². The summed E-state index contributed by atoms with van der Waals surface area (Å²) in [6.45, 7) is 1.44. The van der Waals surface area contributed by atoms with Crippen molar-refractivity contribution in [2.24, 2.45) is 0 Å². The van der Waals surface area contributed by atoms with E-state index in [2.05, 4.69) is 5.32 Å². The summed E-state index contributed by atoms with van der Waals surface area (Å²) in [6, 6.07) is 12.3. The lowest BCUT2D eigenvalue weighted by Crippen LogP contribution is -2.46. The SMILES string of the molecule is O=C(NCc1cccs1)N1CCC(S(=O)(=O)c2ccccc2)CC1. The molecule has 2 heterocycles.